The molecule has 0 radical (unpaired) electrons. The number of fused-ring (bicyclic) bond motifs is 2. The first-order valence-electron chi connectivity index (χ1n) is 10.4. The third-order valence-electron chi connectivity index (χ3n) is 5.72. The number of nitrogens with one attached hydrogen (secondary N) is 2. The third kappa shape index (κ3) is 3.88. The van der Waals surface area contributed by atoms with Gasteiger partial charge in [-0.3, -0.25) is 9.59 Å². The van der Waals surface area contributed by atoms with Crippen LogP contribution < -0.4 is 15.4 Å². The number of rotatable bonds is 5. The SMILES string of the molecule is CCC1Oc2cc(C(C)NC(=O)C(C)c3ccc4ccccc4c3)ccc2NC1=O. The second kappa shape index (κ2) is 8.19. The molecule has 0 saturated carbocycles. The largest absolute Gasteiger partial charge is 0.478 e. The van der Waals surface area contributed by atoms with E-state index in [-0.39, 0.29) is 23.8 Å². The maximum atomic E-state index is 12.9. The predicted molar refractivity (Wildman–Crippen MR) is 119 cm³/mol. The molecule has 0 spiro atoms. The van der Waals surface area contributed by atoms with Crippen molar-refractivity contribution in [3.63, 3.8) is 0 Å². The van der Waals surface area contributed by atoms with E-state index < -0.39 is 6.10 Å². The van der Waals surface area contributed by atoms with Gasteiger partial charge in [0.1, 0.15) is 5.75 Å². The summed E-state index contributed by atoms with van der Waals surface area (Å²) < 4.78 is 5.82. The van der Waals surface area contributed by atoms with Crippen LogP contribution in [-0.2, 0) is 9.59 Å². The van der Waals surface area contributed by atoms with Crippen molar-refractivity contribution in [1.82, 2.24) is 5.32 Å². The van der Waals surface area contributed by atoms with Crippen LogP contribution in [-0.4, -0.2) is 17.9 Å². The molecule has 5 nitrogen and oxygen atoms in total. The van der Waals surface area contributed by atoms with Gasteiger partial charge in [-0.1, -0.05) is 55.5 Å². The van der Waals surface area contributed by atoms with Gasteiger partial charge in [-0.25, -0.2) is 0 Å². The Hall–Kier alpha value is -3.34. The first kappa shape index (κ1) is 20.0. The monoisotopic (exact) mass is 402 g/mol. The Morgan fingerprint density at radius 3 is 2.53 bits per heavy atom. The standard InChI is InChI=1S/C25H26N2O3/c1-4-22-25(29)27-21-12-11-19(14-23(21)30-22)16(3)26-24(28)15(2)18-10-9-17-7-5-6-8-20(17)13-18/h5-16,22H,4H2,1-3H3,(H,26,28)(H,27,29). The molecule has 0 bridgehead atoms. The van der Waals surface area contributed by atoms with Gasteiger partial charge in [0, 0.05) is 0 Å². The van der Waals surface area contributed by atoms with Crippen molar-refractivity contribution in [3.05, 3.63) is 71.8 Å². The maximum Gasteiger partial charge on any atom is 0.265 e. The van der Waals surface area contributed by atoms with Crippen LogP contribution in [0.4, 0.5) is 5.69 Å². The number of anilines is 1. The van der Waals surface area contributed by atoms with Crippen LogP contribution >= 0.6 is 0 Å². The molecule has 3 aromatic rings. The van der Waals surface area contributed by atoms with Crippen molar-refractivity contribution in [2.45, 2.75) is 45.3 Å². The lowest BCUT2D eigenvalue weighted by Gasteiger charge is -2.26. The van der Waals surface area contributed by atoms with E-state index in [9.17, 15) is 9.59 Å². The van der Waals surface area contributed by atoms with Crippen LogP contribution in [0.3, 0.4) is 0 Å². The van der Waals surface area contributed by atoms with Gasteiger partial charge in [-0.05, 0) is 54.3 Å². The normalized spacial score (nSPS) is 17.4. The summed E-state index contributed by atoms with van der Waals surface area (Å²) in [4.78, 5) is 24.8. The average Bonchev–Trinajstić information content (AvgIpc) is 2.77. The maximum absolute atomic E-state index is 12.9. The zero-order valence-corrected chi connectivity index (χ0v) is 17.4. The Labute approximate surface area is 176 Å². The van der Waals surface area contributed by atoms with E-state index in [0.717, 1.165) is 21.9 Å². The van der Waals surface area contributed by atoms with E-state index in [0.29, 0.717) is 17.9 Å². The summed E-state index contributed by atoms with van der Waals surface area (Å²) in [6.45, 7) is 5.78. The lowest BCUT2D eigenvalue weighted by atomic mass is 9.96. The highest BCUT2D eigenvalue weighted by Crippen LogP contribution is 2.33. The van der Waals surface area contributed by atoms with Crippen LogP contribution in [0, 0.1) is 0 Å². The molecule has 3 atom stereocenters. The van der Waals surface area contributed by atoms with E-state index in [4.69, 9.17) is 4.74 Å². The molecular weight excluding hydrogens is 376 g/mol. The molecule has 0 fully saturated rings. The van der Waals surface area contributed by atoms with Crippen LogP contribution in [0.25, 0.3) is 10.8 Å². The molecule has 4 rings (SSSR count). The Kier molecular flexibility index (Phi) is 5.44. The van der Waals surface area contributed by atoms with Crippen molar-refractivity contribution < 1.29 is 14.3 Å². The Balaban J connectivity index is 1.48. The topological polar surface area (TPSA) is 67.4 Å². The summed E-state index contributed by atoms with van der Waals surface area (Å²) in [7, 11) is 0. The fourth-order valence-electron chi connectivity index (χ4n) is 3.75. The first-order chi connectivity index (χ1) is 14.5. The number of carbonyl (C=O) groups is 2. The molecule has 0 aliphatic carbocycles. The minimum absolute atomic E-state index is 0.0313. The molecule has 1 aliphatic heterocycles. The lowest BCUT2D eigenvalue weighted by molar-refractivity contribution is -0.124. The van der Waals surface area contributed by atoms with Gasteiger partial charge >= 0.3 is 0 Å². The van der Waals surface area contributed by atoms with E-state index in [1.807, 2.05) is 57.2 Å². The molecule has 5 heteroatoms. The number of carbonyl (C=O) groups excluding carboxylic acids is 2. The molecule has 3 aromatic carbocycles. The molecule has 154 valence electrons. The molecule has 0 aromatic heterocycles. The van der Waals surface area contributed by atoms with Gasteiger partial charge in [0.25, 0.3) is 5.91 Å². The van der Waals surface area contributed by atoms with Crippen LogP contribution in [0.15, 0.2) is 60.7 Å². The molecule has 1 heterocycles. The van der Waals surface area contributed by atoms with Gasteiger partial charge in [-0.15, -0.1) is 0 Å². The quantitative estimate of drug-likeness (QED) is 0.636. The van der Waals surface area contributed by atoms with Crippen molar-refractivity contribution in [2.75, 3.05) is 5.32 Å². The van der Waals surface area contributed by atoms with Crippen molar-refractivity contribution in [1.29, 1.82) is 0 Å². The fraction of sp³-hybridized carbons (Fsp3) is 0.280. The molecule has 0 saturated heterocycles. The average molecular weight is 402 g/mol. The highest BCUT2D eigenvalue weighted by atomic mass is 16.5. The Bertz CT molecular complexity index is 1110. The summed E-state index contributed by atoms with van der Waals surface area (Å²) in [5.74, 6) is 0.219. The van der Waals surface area contributed by atoms with E-state index in [2.05, 4.69) is 34.9 Å². The summed E-state index contributed by atoms with van der Waals surface area (Å²) in [6, 6.07) is 19.7. The van der Waals surface area contributed by atoms with Crippen LogP contribution in [0.5, 0.6) is 5.75 Å². The van der Waals surface area contributed by atoms with Crippen molar-refractivity contribution in [3.8, 4) is 5.75 Å². The molecule has 2 amide bonds. The first-order valence-corrected chi connectivity index (χ1v) is 10.4. The zero-order valence-electron chi connectivity index (χ0n) is 17.4. The molecule has 1 aliphatic rings. The van der Waals surface area contributed by atoms with Crippen LogP contribution in [0.1, 0.15) is 50.3 Å². The summed E-state index contributed by atoms with van der Waals surface area (Å²) in [6.07, 6.45) is 0.121. The second-order valence-corrected chi connectivity index (χ2v) is 7.82. The minimum atomic E-state index is -0.481. The molecule has 30 heavy (non-hydrogen) atoms. The molecule has 2 N–H and O–H groups in total. The van der Waals surface area contributed by atoms with E-state index >= 15 is 0 Å². The number of ether oxygens (including phenoxy) is 1. The summed E-state index contributed by atoms with van der Waals surface area (Å²) >= 11 is 0. The second-order valence-electron chi connectivity index (χ2n) is 7.82. The predicted octanol–water partition coefficient (Wildman–Crippen LogP) is 4.93. The van der Waals surface area contributed by atoms with E-state index in [1.165, 1.54) is 0 Å². The van der Waals surface area contributed by atoms with Crippen molar-refractivity contribution in [2.24, 2.45) is 0 Å². The highest BCUT2D eigenvalue weighted by molar-refractivity contribution is 5.97. The number of hydrogen-bond acceptors (Lipinski definition) is 3. The number of hydrogen-bond donors (Lipinski definition) is 2. The van der Waals surface area contributed by atoms with Gasteiger partial charge in [0.2, 0.25) is 5.91 Å². The Morgan fingerprint density at radius 2 is 1.77 bits per heavy atom. The summed E-state index contributed by atoms with van der Waals surface area (Å²) in [5, 5.41) is 8.26. The highest BCUT2D eigenvalue weighted by Gasteiger charge is 2.27. The van der Waals surface area contributed by atoms with Gasteiger partial charge in [0.15, 0.2) is 6.10 Å². The number of amides is 2. The van der Waals surface area contributed by atoms with Crippen LogP contribution in [0.2, 0.25) is 0 Å². The summed E-state index contributed by atoms with van der Waals surface area (Å²) in [5.41, 5.74) is 2.58. The molecular formula is C25H26N2O3. The lowest BCUT2D eigenvalue weighted by Crippen LogP contribution is -2.36. The van der Waals surface area contributed by atoms with E-state index in [1.54, 1.807) is 0 Å². The number of benzene rings is 3. The van der Waals surface area contributed by atoms with Gasteiger partial charge in [-0.2, -0.15) is 0 Å². The fourth-order valence-corrected chi connectivity index (χ4v) is 3.75. The Morgan fingerprint density at radius 1 is 1.03 bits per heavy atom. The molecule has 3 unspecified atom stereocenters. The zero-order chi connectivity index (χ0) is 21.3. The third-order valence-corrected chi connectivity index (χ3v) is 5.72. The smallest absolute Gasteiger partial charge is 0.265 e. The van der Waals surface area contributed by atoms with Gasteiger partial charge in [0.05, 0.1) is 17.6 Å². The van der Waals surface area contributed by atoms with Crippen molar-refractivity contribution >= 4 is 28.3 Å². The van der Waals surface area contributed by atoms with Gasteiger partial charge < -0.3 is 15.4 Å². The minimum Gasteiger partial charge on any atom is -0.478 e.